The Morgan fingerprint density at radius 3 is 1.96 bits per heavy atom. The highest BCUT2D eigenvalue weighted by molar-refractivity contribution is 14.0. The van der Waals surface area contributed by atoms with Crippen LogP contribution in [0.5, 0.6) is 11.5 Å². The smallest absolute Gasteiger partial charge is 0.387 e. The number of aliphatic imine (C=N–C) groups is 1. The second-order valence-corrected chi connectivity index (χ2v) is 5.08. The van der Waals surface area contributed by atoms with Crippen LogP contribution in [0.3, 0.4) is 0 Å². The lowest BCUT2D eigenvalue weighted by Gasteiger charge is -2.15. The van der Waals surface area contributed by atoms with Crippen molar-refractivity contribution in [3.63, 3.8) is 0 Å². The standard InChI is InChI=1S/C18H21F2N3O2.HI/c1-21-18(22-11-13-7-3-5-9-15(13)24-2)23-12-14-8-4-6-10-16(14)25-17(19)20;/h3-10,17H,11-12H2,1-2H3,(H2,21,22,23);1H. The highest BCUT2D eigenvalue weighted by Crippen LogP contribution is 2.20. The van der Waals surface area contributed by atoms with E-state index in [0.717, 1.165) is 11.3 Å². The number of benzene rings is 2. The van der Waals surface area contributed by atoms with Gasteiger partial charge in [-0.05, 0) is 12.1 Å². The summed E-state index contributed by atoms with van der Waals surface area (Å²) in [6.45, 7) is -2.04. The first-order valence-corrected chi connectivity index (χ1v) is 7.73. The van der Waals surface area contributed by atoms with Crippen LogP contribution in [0, 0.1) is 0 Å². The molecule has 2 aromatic carbocycles. The van der Waals surface area contributed by atoms with Crippen molar-refractivity contribution in [2.24, 2.45) is 4.99 Å². The van der Waals surface area contributed by atoms with E-state index in [-0.39, 0.29) is 29.7 Å². The second-order valence-electron chi connectivity index (χ2n) is 5.08. The van der Waals surface area contributed by atoms with Gasteiger partial charge in [-0.1, -0.05) is 36.4 Å². The van der Waals surface area contributed by atoms with E-state index in [1.54, 1.807) is 32.4 Å². The predicted octanol–water partition coefficient (Wildman–Crippen LogP) is 3.78. The molecule has 0 heterocycles. The summed E-state index contributed by atoms with van der Waals surface area (Å²) in [5.41, 5.74) is 1.59. The molecule has 8 heteroatoms. The first-order chi connectivity index (χ1) is 12.1. The highest BCUT2D eigenvalue weighted by atomic mass is 127. The minimum Gasteiger partial charge on any atom is -0.496 e. The average Bonchev–Trinajstić information content (AvgIpc) is 2.63. The van der Waals surface area contributed by atoms with Gasteiger partial charge in [-0.25, -0.2) is 0 Å². The van der Waals surface area contributed by atoms with Crippen molar-refractivity contribution in [1.82, 2.24) is 10.6 Å². The van der Waals surface area contributed by atoms with Crippen LogP contribution in [0.25, 0.3) is 0 Å². The third-order valence-electron chi connectivity index (χ3n) is 3.50. The van der Waals surface area contributed by atoms with Gasteiger partial charge in [-0.2, -0.15) is 8.78 Å². The summed E-state index contributed by atoms with van der Waals surface area (Å²) in [7, 11) is 3.25. The summed E-state index contributed by atoms with van der Waals surface area (Å²) in [4.78, 5) is 4.13. The van der Waals surface area contributed by atoms with Crippen LogP contribution in [-0.4, -0.2) is 26.7 Å². The lowest BCUT2D eigenvalue weighted by Crippen LogP contribution is -2.36. The second kappa shape index (κ2) is 11.5. The Kier molecular flexibility index (Phi) is 9.71. The molecule has 0 radical (unpaired) electrons. The van der Waals surface area contributed by atoms with Crippen molar-refractivity contribution in [3.8, 4) is 11.5 Å². The van der Waals surface area contributed by atoms with E-state index in [1.807, 2.05) is 24.3 Å². The lowest BCUT2D eigenvalue weighted by atomic mass is 10.2. The summed E-state index contributed by atoms with van der Waals surface area (Å²) in [6, 6.07) is 14.3. The Bertz CT molecular complexity index is 714. The van der Waals surface area contributed by atoms with Gasteiger partial charge >= 0.3 is 6.61 Å². The van der Waals surface area contributed by atoms with Crippen LogP contribution < -0.4 is 20.1 Å². The van der Waals surface area contributed by atoms with Gasteiger partial charge in [-0.15, -0.1) is 24.0 Å². The molecule has 0 spiro atoms. The molecule has 0 aromatic heterocycles. The number of nitrogens with zero attached hydrogens (tertiary/aromatic N) is 1. The molecule has 0 unspecified atom stereocenters. The average molecular weight is 477 g/mol. The van der Waals surface area contributed by atoms with Crippen molar-refractivity contribution in [2.75, 3.05) is 14.2 Å². The van der Waals surface area contributed by atoms with Crippen molar-refractivity contribution in [2.45, 2.75) is 19.7 Å². The predicted molar refractivity (Wildman–Crippen MR) is 109 cm³/mol. The zero-order chi connectivity index (χ0) is 18.1. The third kappa shape index (κ3) is 6.66. The number of methoxy groups -OCH3 is 1. The normalized spacial score (nSPS) is 10.9. The number of rotatable bonds is 7. The fourth-order valence-corrected chi connectivity index (χ4v) is 2.29. The first-order valence-electron chi connectivity index (χ1n) is 7.73. The molecular formula is C18H22F2IN3O2. The number of hydrogen-bond acceptors (Lipinski definition) is 3. The van der Waals surface area contributed by atoms with Gasteiger partial charge in [-0.3, -0.25) is 4.99 Å². The minimum absolute atomic E-state index is 0. The third-order valence-corrected chi connectivity index (χ3v) is 3.50. The summed E-state index contributed by atoms with van der Waals surface area (Å²) in [6.07, 6.45) is 0. The molecule has 0 amide bonds. The maximum Gasteiger partial charge on any atom is 0.387 e. The van der Waals surface area contributed by atoms with E-state index >= 15 is 0 Å². The van der Waals surface area contributed by atoms with Crippen LogP contribution in [0.2, 0.25) is 0 Å². The molecule has 0 bridgehead atoms. The van der Waals surface area contributed by atoms with E-state index < -0.39 is 6.61 Å². The van der Waals surface area contributed by atoms with Crippen molar-refractivity contribution < 1.29 is 18.3 Å². The van der Waals surface area contributed by atoms with Crippen LogP contribution in [0.15, 0.2) is 53.5 Å². The molecule has 0 aliphatic heterocycles. The summed E-state index contributed by atoms with van der Waals surface area (Å²) < 4.78 is 34.7. The summed E-state index contributed by atoms with van der Waals surface area (Å²) in [5, 5.41) is 6.24. The SMILES string of the molecule is CN=C(NCc1ccccc1OC)NCc1ccccc1OC(F)F.I. The summed E-state index contributed by atoms with van der Waals surface area (Å²) >= 11 is 0. The molecule has 142 valence electrons. The maximum absolute atomic E-state index is 12.5. The number of hydrogen-bond donors (Lipinski definition) is 2. The first kappa shape index (κ1) is 21.9. The van der Waals surface area contributed by atoms with Crippen molar-refractivity contribution >= 4 is 29.9 Å². The summed E-state index contributed by atoms with van der Waals surface area (Å²) in [5.74, 6) is 1.46. The molecule has 2 N–H and O–H groups in total. The Balaban J connectivity index is 0.00000338. The van der Waals surface area contributed by atoms with E-state index in [0.29, 0.717) is 24.6 Å². The number of nitrogens with one attached hydrogen (secondary N) is 2. The van der Waals surface area contributed by atoms with E-state index in [9.17, 15) is 8.78 Å². The van der Waals surface area contributed by atoms with Gasteiger partial charge in [0.2, 0.25) is 0 Å². The monoisotopic (exact) mass is 477 g/mol. The number of guanidine groups is 1. The van der Waals surface area contributed by atoms with Crippen LogP contribution >= 0.6 is 24.0 Å². The number of para-hydroxylation sites is 2. The van der Waals surface area contributed by atoms with Gasteiger partial charge < -0.3 is 20.1 Å². The van der Waals surface area contributed by atoms with Gasteiger partial charge in [0.05, 0.1) is 7.11 Å². The largest absolute Gasteiger partial charge is 0.496 e. The lowest BCUT2D eigenvalue weighted by molar-refractivity contribution is -0.0504. The van der Waals surface area contributed by atoms with Crippen LogP contribution in [0.1, 0.15) is 11.1 Å². The zero-order valence-electron chi connectivity index (χ0n) is 14.5. The molecule has 0 atom stereocenters. The van der Waals surface area contributed by atoms with E-state index in [1.165, 1.54) is 6.07 Å². The molecule has 0 saturated heterocycles. The Hall–Kier alpha value is -2.10. The maximum atomic E-state index is 12.5. The number of halogens is 3. The fraction of sp³-hybridized carbons (Fsp3) is 0.278. The quantitative estimate of drug-likeness (QED) is 0.362. The molecule has 0 fully saturated rings. The molecule has 0 saturated carbocycles. The van der Waals surface area contributed by atoms with Gasteiger partial charge in [0.25, 0.3) is 0 Å². The molecule has 2 aromatic rings. The van der Waals surface area contributed by atoms with E-state index in [4.69, 9.17) is 4.74 Å². The number of ether oxygens (including phenoxy) is 2. The molecule has 5 nitrogen and oxygen atoms in total. The molecule has 0 aliphatic carbocycles. The molecule has 0 aliphatic rings. The van der Waals surface area contributed by atoms with Gasteiger partial charge in [0, 0.05) is 31.3 Å². The highest BCUT2D eigenvalue weighted by Gasteiger charge is 2.09. The minimum atomic E-state index is -2.86. The number of alkyl halides is 2. The zero-order valence-corrected chi connectivity index (χ0v) is 16.9. The van der Waals surface area contributed by atoms with Crippen molar-refractivity contribution in [3.05, 3.63) is 59.7 Å². The van der Waals surface area contributed by atoms with E-state index in [2.05, 4.69) is 20.4 Å². The Morgan fingerprint density at radius 1 is 0.962 bits per heavy atom. The molecule has 26 heavy (non-hydrogen) atoms. The van der Waals surface area contributed by atoms with Gasteiger partial charge in [0.1, 0.15) is 11.5 Å². The topological polar surface area (TPSA) is 54.9 Å². The Labute approximate surface area is 168 Å². The van der Waals surface area contributed by atoms with Crippen LogP contribution in [0.4, 0.5) is 8.78 Å². The fourth-order valence-electron chi connectivity index (χ4n) is 2.29. The molecular weight excluding hydrogens is 455 g/mol. The van der Waals surface area contributed by atoms with Crippen molar-refractivity contribution in [1.29, 1.82) is 0 Å². The Morgan fingerprint density at radius 2 is 1.46 bits per heavy atom. The molecule has 2 rings (SSSR count). The van der Waals surface area contributed by atoms with Gasteiger partial charge in [0.15, 0.2) is 5.96 Å². The van der Waals surface area contributed by atoms with Crippen LogP contribution in [-0.2, 0) is 13.1 Å².